The minimum absolute atomic E-state index is 0.149. The van der Waals surface area contributed by atoms with Crippen LogP contribution in [0.5, 0.6) is 0 Å². The first-order valence-corrected chi connectivity index (χ1v) is 10.9. The highest BCUT2D eigenvalue weighted by Crippen LogP contribution is 2.42. The Kier molecular flexibility index (Phi) is 5.56. The van der Waals surface area contributed by atoms with Crippen LogP contribution in [-0.2, 0) is 16.8 Å². The molecule has 0 N–H and O–H groups in total. The first-order chi connectivity index (χ1) is 13.2. The van der Waals surface area contributed by atoms with Gasteiger partial charge in [0.25, 0.3) is 0 Å². The number of nitrogens with zero attached hydrogens (tertiary/aromatic N) is 2. The van der Waals surface area contributed by atoms with Gasteiger partial charge in [-0.15, -0.1) is 0 Å². The van der Waals surface area contributed by atoms with Gasteiger partial charge in [-0.25, -0.2) is 0 Å². The summed E-state index contributed by atoms with van der Waals surface area (Å²) >= 11 is 0. The number of carbonyl (C=O) groups excluding carboxylic acids is 1. The lowest BCUT2D eigenvalue weighted by molar-refractivity contribution is -0.131. The SMILES string of the molecule is CC(=O)N1Cc2ccccc2C2(CCN(C=C3CCCCCCC3)CC2)C1. The molecule has 2 fully saturated rings. The fourth-order valence-corrected chi connectivity index (χ4v) is 5.37. The molecule has 3 nitrogen and oxygen atoms in total. The molecule has 0 radical (unpaired) electrons. The van der Waals surface area contributed by atoms with Crippen molar-refractivity contribution in [1.82, 2.24) is 9.80 Å². The van der Waals surface area contributed by atoms with Crippen LogP contribution < -0.4 is 0 Å². The van der Waals surface area contributed by atoms with E-state index in [9.17, 15) is 4.79 Å². The fraction of sp³-hybridized carbons (Fsp3) is 0.625. The zero-order valence-corrected chi connectivity index (χ0v) is 16.9. The Morgan fingerprint density at radius 3 is 2.37 bits per heavy atom. The second-order valence-electron chi connectivity index (χ2n) is 8.90. The third kappa shape index (κ3) is 4.07. The predicted octanol–water partition coefficient (Wildman–Crippen LogP) is 5.01. The van der Waals surface area contributed by atoms with E-state index in [4.69, 9.17) is 0 Å². The van der Waals surface area contributed by atoms with E-state index in [0.717, 1.165) is 39.0 Å². The Hall–Kier alpha value is -1.77. The number of hydrogen-bond acceptors (Lipinski definition) is 2. The summed E-state index contributed by atoms with van der Waals surface area (Å²) in [6.07, 6.45) is 14.3. The van der Waals surface area contributed by atoms with Crippen molar-refractivity contribution in [2.75, 3.05) is 19.6 Å². The molecule has 1 saturated carbocycles. The first-order valence-electron chi connectivity index (χ1n) is 10.9. The summed E-state index contributed by atoms with van der Waals surface area (Å²) in [5.74, 6) is 0.211. The van der Waals surface area contributed by atoms with Gasteiger partial charge in [0.05, 0.1) is 0 Å². The molecule has 2 heterocycles. The molecule has 3 aliphatic rings. The molecule has 1 spiro atoms. The zero-order chi connectivity index (χ0) is 18.7. The summed E-state index contributed by atoms with van der Waals surface area (Å²) in [6.45, 7) is 5.62. The van der Waals surface area contributed by atoms with Gasteiger partial charge >= 0.3 is 0 Å². The van der Waals surface area contributed by atoms with E-state index in [2.05, 4.69) is 40.3 Å². The maximum absolute atomic E-state index is 12.1. The van der Waals surface area contributed by atoms with Crippen LogP contribution >= 0.6 is 0 Å². The number of amides is 1. The van der Waals surface area contributed by atoms with Crippen molar-refractivity contribution in [2.45, 2.75) is 76.7 Å². The molecule has 0 bridgehead atoms. The number of likely N-dealkylation sites (tertiary alicyclic amines) is 1. The highest BCUT2D eigenvalue weighted by atomic mass is 16.2. The van der Waals surface area contributed by atoms with Crippen molar-refractivity contribution in [3.05, 3.63) is 47.2 Å². The van der Waals surface area contributed by atoms with E-state index in [1.54, 1.807) is 12.5 Å². The first kappa shape index (κ1) is 18.6. The summed E-state index contributed by atoms with van der Waals surface area (Å²) in [4.78, 5) is 16.8. The Morgan fingerprint density at radius 1 is 1.00 bits per heavy atom. The predicted molar refractivity (Wildman–Crippen MR) is 110 cm³/mol. The van der Waals surface area contributed by atoms with Crippen LogP contribution in [0.4, 0.5) is 0 Å². The highest BCUT2D eigenvalue weighted by molar-refractivity contribution is 5.74. The summed E-state index contributed by atoms with van der Waals surface area (Å²) in [5.41, 5.74) is 4.67. The summed E-state index contributed by atoms with van der Waals surface area (Å²) in [5, 5.41) is 0. The molecule has 1 aromatic carbocycles. The van der Waals surface area contributed by atoms with Crippen LogP contribution in [-0.4, -0.2) is 35.3 Å². The zero-order valence-electron chi connectivity index (χ0n) is 16.9. The molecule has 3 heteroatoms. The topological polar surface area (TPSA) is 23.6 Å². The van der Waals surface area contributed by atoms with E-state index in [1.807, 2.05) is 0 Å². The maximum atomic E-state index is 12.1. The van der Waals surface area contributed by atoms with Crippen LogP contribution in [0.1, 0.15) is 75.8 Å². The van der Waals surface area contributed by atoms with Gasteiger partial charge in [0.1, 0.15) is 0 Å². The summed E-state index contributed by atoms with van der Waals surface area (Å²) in [6, 6.07) is 8.82. The minimum Gasteiger partial charge on any atom is -0.377 e. The van der Waals surface area contributed by atoms with E-state index in [-0.39, 0.29) is 11.3 Å². The van der Waals surface area contributed by atoms with Gasteiger partial charge in [-0.05, 0) is 55.9 Å². The van der Waals surface area contributed by atoms with Crippen molar-refractivity contribution in [3.63, 3.8) is 0 Å². The average molecular weight is 367 g/mol. The van der Waals surface area contributed by atoms with E-state index >= 15 is 0 Å². The minimum atomic E-state index is 0.149. The Balaban J connectivity index is 1.49. The van der Waals surface area contributed by atoms with Gasteiger partial charge < -0.3 is 9.80 Å². The lowest BCUT2D eigenvalue weighted by Crippen LogP contribution is -2.52. The monoisotopic (exact) mass is 366 g/mol. The third-order valence-electron chi connectivity index (χ3n) is 7.00. The summed E-state index contributed by atoms with van der Waals surface area (Å²) < 4.78 is 0. The van der Waals surface area contributed by atoms with E-state index in [1.165, 1.54) is 56.1 Å². The van der Waals surface area contributed by atoms with Gasteiger partial charge in [-0.2, -0.15) is 0 Å². The average Bonchev–Trinajstić information content (AvgIpc) is 2.65. The van der Waals surface area contributed by atoms with Gasteiger partial charge in [0.15, 0.2) is 0 Å². The second-order valence-corrected chi connectivity index (χ2v) is 8.90. The largest absolute Gasteiger partial charge is 0.377 e. The molecule has 1 aromatic rings. The molecule has 146 valence electrons. The highest BCUT2D eigenvalue weighted by Gasteiger charge is 2.42. The van der Waals surface area contributed by atoms with Gasteiger partial charge in [-0.1, -0.05) is 49.1 Å². The van der Waals surface area contributed by atoms with Crippen molar-refractivity contribution in [1.29, 1.82) is 0 Å². The summed E-state index contributed by atoms with van der Waals surface area (Å²) in [7, 11) is 0. The molecule has 0 atom stereocenters. The number of benzene rings is 1. The molecule has 1 saturated heterocycles. The number of allylic oxidation sites excluding steroid dienone is 1. The lowest BCUT2D eigenvalue weighted by Gasteiger charge is -2.48. The molecule has 27 heavy (non-hydrogen) atoms. The standard InChI is InChI=1S/C24H34N2O/c1-20(27)26-18-22-11-7-8-12-23(22)24(19-26)13-15-25(16-14-24)17-21-9-5-3-2-4-6-10-21/h7-8,11-12,17H,2-6,9-10,13-16,18-19H2,1H3. The third-order valence-corrected chi connectivity index (χ3v) is 7.00. The number of rotatable bonds is 1. The molecule has 0 aromatic heterocycles. The lowest BCUT2D eigenvalue weighted by atomic mass is 9.69. The molecule has 2 aliphatic heterocycles. The molecule has 1 aliphatic carbocycles. The van der Waals surface area contributed by atoms with E-state index in [0.29, 0.717) is 0 Å². The van der Waals surface area contributed by atoms with Crippen molar-refractivity contribution >= 4 is 5.91 Å². The van der Waals surface area contributed by atoms with Crippen molar-refractivity contribution < 1.29 is 4.79 Å². The quantitative estimate of drug-likeness (QED) is 0.697. The molecule has 4 rings (SSSR count). The Labute approximate surface area is 164 Å². The van der Waals surface area contributed by atoms with Crippen LogP contribution in [0.2, 0.25) is 0 Å². The van der Waals surface area contributed by atoms with Crippen molar-refractivity contribution in [2.24, 2.45) is 0 Å². The maximum Gasteiger partial charge on any atom is 0.219 e. The van der Waals surface area contributed by atoms with Gasteiger partial charge in [0, 0.05) is 38.5 Å². The number of carbonyl (C=O) groups is 1. The van der Waals surface area contributed by atoms with Crippen LogP contribution in [0.3, 0.4) is 0 Å². The number of hydrogen-bond donors (Lipinski definition) is 0. The second kappa shape index (κ2) is 8.08. The Bertz CT molecular complexity index is 690. The molecule has 1 amide bonds. The van der Waals surface area contributed by atoms with E-state index < -0.39 is 0 Å². The fourth-order valence-electron chi connectivity index (χ4n) is 5.37. The number of piperidine rings is 1. The Morgan fingerprint density at radius 2 is 1.67 bits per heavy atom. The molecular weight excluding hydrogens is 332 g/mol. The van der Waals surface area contributed by atoms with Crippen LogP contribution in [0.15, 0.2) is 36.0 Å². The molecule has 0 unspecified atom stereocenters. The van der Waals surface area contributed by atoms with Gasteiger partial charge in [0.2, 0.25) is 5.91 Å². The molecular formula is C24H34N2O. The smallest absolute Gasteiger partial charge is 0.219 e. The van der Waals surface area contributed by atoms with Crippen LogP contribution in [0, 0.1) is 0 Å². The van der Waals surface area contributed by atoms with Gasteiger partial charge in [-0.3, -0.25) is 4.79 Å². The van der Waals surface area contributed by atoms with Crippen molar-refractivity contribution in [3.8, 4) is 0 Å². The van der Waals surface area contributed by atoms with Crippen LogP contribution in [0.25, 0.3) is 0 Å². The number of fused-ring (bicyclic) bond motifs is 2. The normalized spacial score (nSPS) is 22.8.